The van der Waals surface area contributed by atoms with E-state index in [0.717, 1.165) is 51.3 Å². The Hall–Kier alpha value is -0.970. The lowest BCUT2D eigenvalue weighted by atomic mass is 10.0. The summed E-state index contributed by atoms with van der Waals surface area (Å²) in [4.78, 5) is 4.86. The molecule has 1 atom stereocenters. The van der Waals surface area contributed by atoms with Crippen LogP contribution in [-0.2, 0) is 0 Å². The number of nitrogens with zero attached hydrogens (tertiary/aromatic N) is 2. The topological polar surface area (TPSA) is 18.5 Å². The monoisotopic (exact) mass is 279 g/mol. The number of halogens is 1. The number of benzene rings is 1. The van der Waals surface area contributed by atoms with Crippen molar-refractivity contribution in [2.75, 3.05) is 46.3 Å². The van der Waals surface area contributed by atoms with Crippen LogP contribution in [0.25, 0.3) is 0 Å². The van der Waals surface area contributed by atoms with Crippen molar-refractivity contribution in [3.63, 3.8) is 0 Å². The highest BCUT2D eigenvalue weighted by molar-refractivity contribution is 5.20. The average Bonchev–Trinajstić information content (AvgIpc) is 2.45. The highest BCUT2D eigenvalue weighted by atomic mass is 19.1. The number of piperazine rings is 1. The minimum atomic E-state index is -0.151. The summed E-state index contributed by atoms with van der Waals surface area (Å²) in [7, 11) is 2.17. The van der Waals surface area contributed by atoms with Crippen LogP contribution in [0.1, 0.15) is 24.9 Å². The van der Waals surface area contributed by atoms with Gasteiger partial charge < -0.3 is 10.2 Å². The molecule has 0 aromatic heterocycles. The molecule has 2 rings (SSSR count). The fourth-order valence-electron chi connectivity index (χ4n) is 2.69. The molecule has 1 heterocycles. The van der Waals surface area contributed by atoms with Crippen LogP contribution in [0.2, 0.25) is 0 Å². The second-order valence-corrected chi connectivity index (χ2v) is 5.61. The Kier molecular flexibility index (Phi) is 5.95. The van der Waals surface area contributed by atoms with E-state index in [4.69, 9.17) is 0 Å². The van der Waals surface area contributed by atoms with Gasteiger partial charge in [-0.1, -0.05) is 19.1 Å². The van der Waals surface area contributed by atoms with E-state index in [9.17, 15) is 4.39 Å². The van der Waals surface area contributed by atoms with Crippen LogP contribution in [0.5, 0.6) is 0 Å². The van der Waals surface area contributed by atoms with Crippen molar-refractivity contribution in [2.24, 2.45) is 0 Å². The Labute approximate surface area is 121 Å². The van der Waals surface area contributed by atoms with Gasteiger partial charge in [0.1, 0.15) is 5.82 Å². The number of nitrogens with one attached hydrogen (secondary N) is 1. The number of hydrogen-bond donors (Lipinski definition) is 1. The highest BCUT2D eigenvalue weighted by Gasteiger charge is 2.14. The third-order valence-corrected chi connectivity index (χ3v) is 4.07. The molecule has 3 nitrogen and oxygen atoms in total. The summed E-state index contributed by atoms with van der Waals surface area (Å²) in [6.07, 6.45) is 0.978. The first-order chi connectivity index (χ1) is 9.69. The highest BCUT2D eigenvalue weighted by Crippen LogP contribution is 2.17. The molecule has 20 heavy (non-hydrogen) atoms. The quantitative estimate of drug-likeness (QED) is 0.860. The number of hydrogen-bond acceptors (Lipinski definition) is 3. The maximum Gasteiger partial charge on any atom is 0.123 e. The molecule has 4 heteroatoms. The van der Waals surface area contributed by atoms with Gasteiger partial charge in [0.25, 0.3) is 0 Å². The number of rotatable bonds is 6. The lowest BCUT2D eigenvalue weighted by Crippen LogP contribution is -2.46. The smallest absolute Gasteiger partial charge is 0.123 e. The van der Waals surface area contributed by atoms with Crippen molar-refractivity contribution >= 4 is 0 Å². The summed E-state index contributed by atoms with van der Waals surface area (Å²) in [5.74, 6) is -0.151. The molecule has 0 spiro atoms. The minimum Gasteiger partial charge on any atom is -0.309 e. The normalized spacial score (nSPS) is 19.1. The summed E-state index contributed by atoms with van der Waals surface area (Å²) in [6.45, 7) is 8.77. The van der Waals surface area contributed by atoms with Gasteiger partial charge in [-0.15, -0.1) is 0 Å². The predicted molar refractivity (Wildman–Crippen MR) is 81.4 cm³/mol. The summed E-state index contributed by atoms with van der Waals surface area (Å²) in [5.41, 5.74) is 1.05. The van der Waals surface area contributed by atoms with Crippen LogP contribution in [0.15, 0.2) is 24.3 Å². The van der Waals surface area contributed by atoms with E-state index in [1.807, 2.05) is 6.07 Å². The Morgan fingerprint density at radius 3 is 2.65 bits per heavy atom. The van der Waals surface area contributed by atoms with Crippen molar-refractivity contribution < 1.29 is 4.39 Å². The maximum atomic E-state index is 13.3. The van der Waals surface area contributed by atoms with Crippen molar-refractivity contribution in [3.05, 3.63) is 35.6 Å². The van der Waals surface area contributed by atoms with E-state index in [0.29, 0.717) is 0 Å². The third kappa shape index (κ3) is 4.54. The van der Waals surface area contributed by atoms with Gasteiger partial charge in [-0.3, -0.25) is 4.90 Å². The Morgan fingerprint density at radius 1 is 1.25 bits per heavy atom. The molecule has 0 aliphatic carbocycles. The fraction of sp³-hybridized carbons (Fsp3) is 0.625. The van der Waals surface area contributed by atoms with Crippen LogP contribution in [-0.4, -0.2) is 56.1 Å². The molecule has 1 N–H and O–H groups in total. The Balaban J connectivity index is 1.76. The summed E-state index contributed by atoms with van der Waals surface area (Å²) in [6, 6.07) is 7.17. The SMILES string of the molecule is CCC(NCCN1CCN(C)CC1)c1cccc(F)c1. The Morgan fingerprint density at radius 2 is 2.00 bits per heavy atom. The summed E-state index contributed by atoms with van der Waals surface area (Å²) < 4.78 is 13.3. The van der Waals surface area contributed by atoms with E-state index in [1.165, 1.54) is 6.07 Å². The molecule has 1 aliphatic heterocycles. The molecule has 1 unspecified atom stereocenters. The molecule has 1 fully saturated rings. The molecule has 112 valence electrons. The average molecular weight is 279 g/mol. The molecule has 0 radical (unpaired) electrons. The van der Waals surface area contributed by atoms with Gasteiger partial charge in [0.05, 0.1) is 0 Å². The summed E-state index contributed by atoms with van der Waals surface area (Å²) >= 11 is 0. The van der Waals surface area contributed by atoms with E-state index >= 15 is 0 Å². The van der Waals surface area contributed by atoms with Gasteiger partial charge >= 0.3 is 0 Å². The van der Waals surface area contributed by atoms with Crippen LogP contribution < -0.4 is 5.32 Å². The predicted octanol–water partition coefficient (Wildman–Crippen LogP) is 2.11. The van der Waals surface area contributed by atoms with Gasteiger partial charge in [-0.2, -0.15) is 0 Å². The third-order valence-electron chi connectivity index (χ3n) is 4.07. The molecular formula is C16H26FN3. The lowest BCUT2D eigenvalue weighted by molar-refractivity contribution is 0.153. The zero-order valence-electron chi connectivity index (χ0n) is 12.6. The van der Waals surface area contributed by atoms with E-state index in [-0.39, 0.29) is 11.9 Å². The standard InChI is InChI=1S/C16H26FN3/c1-3-16(14-5-4-6-15(17)13-14)18-7-8-20-11-9-19(2)10-12-20/h4-6,13,16,18H,3,7-12H2,1-2H3. The van der Waals surface area contributed by atoms with Crippen LogP contribution in [0, 0.1) is 5.82 Å². The van der Waals surface area contributed by atoms with E-state index in [2.05, 4.69) is 29.1 Å². The molecule has 0 saturated carbocycles. The second-order valence-electron chi connectivity index (χ2n) is 5.61. The van der Waals surface area contributed by atoms with Gasteiger partial charge in [-0.25, -0.2) is 4.39 Å². The van der Waals surface area contributed by atoms with Crippen LogP contribution in [0.4, 0.5) is 4.39 Å². The zero-order valence-corrected chi connectivity index (χ0v) is 12.6. The molecule has 1 aromatic carbocycles. The maximum absolute atomic E-state index is 13.3. The van der Waals surface area contributed by atoms with Gasteiger partial charge in [0.2, 0.25) is 0 Å². The van der Waals surface area contributed by atoms with Crippen molar-refractivity contribution in [3.8, 4) is 0 Å². The molecule has 0 bridgehead atoms. The van der Waals surface area contributed by atoms with Gasteiger partial charge in [-0.05, 0) is 31.2 Å². The van der Waals surface area contributed by atoms with E-state index < -0.39 is 0 Å². The van der Waals surface area contributed by atoms with Crippen LogP contribution in [0.3, 0.4) is 0 Å². The van der Waals surface area contributed by atoms with E-state index in [1.54, 1.807) is 12.1 Å². The first kappa shape index (κ1) is 15.4. The largest absolute Gasteiger partial charge is 0.309 e. The fourth-order valence-corrected chi connectivity index (χ4v) is 2.69. The zero-order chi connectivity index (χ0) is 14.4. The van der Waals surface area contributed by atoms with Crippen molar-refractivity contribution in [2.45, 2.75) is 19.4 Å². The second kappa shape index (κ2) is 7.72. The van der Waals surface area contributed by atoms with Gasteiger partial charge in [0.15, 0.2) is 0 Å². The molecule has 0 amide bonds. The van der Waals surface area contributed by atoms with Crippen LogP contribution >= 0.6 is 0 Å². The Bertz CT molecular complexity index is 402. The lowest BCUT2D eigenvalue weighted by Gasteiger charge is -2.32. The molecule has 1 saturated heterocycles. The van der Waals surface area contributed by atoms with Crippen molar-refractivity contribution in [1.29, 1.82) is 0 Å². The summed E-state index contributed by atoms with van der Waals surface area (Å²) in [5, 5.41) is 3.55. The van der Waals surface area contributed by atoms with Crippen molar-refractivity contribution in [1.82, 2.24) is 15.1 Å². The number of likely N-dealkylation sites (N-methyl/N-ethyl adjacent to an activating group) is 1. The molecule has 1 aliphatic rings. The first-order valence-corrected chi connectivity index (χ1v) is 7.58. The first-order valence-electron chi connectivity index (χ1n) is 7.58. The minimum absolute atomic E-state index is 0.151. The molecule has 1 aromatic rings. The van der Waals surface area contributed by atoms with Gasteiger partial charge in [0, 0.05) is 45.3 Å². The molecular weight excluding hydrogens is 253 g/mol.